The van der Waals surface area contributed by atoms with Gasteiger partial charge in [0.2, 0.25) is 5.91 Å². The first-order chi connectivity index (χ1) is 19.5. The van der Waals surface area contributed by atoms with Crippen molar-refractivity contribution in [3.63, 3.8) is 0 Å². The SMILES string of the molecule is C=CC(=O)NC1CN(C(=O)Nc2ccc(-c3cc4c(N5CCOCC5)ncnc4[nH]3)cc2)CCC12CCCCC2. The van der Waals surface area contributed by atoms with Crippen molar-refractivity contribution in [3.8, 4) is 11.3 Å². The summed E-state index contributed by atoms with van der Waals surface area (Å²) in [5.74, 6) is 0.742. The molecule has 10 nitrogen and oxygen atoms in total. The Hall–Kier alpha value is -3.92. The zero-order valence-corrected chi connectivity index (χ0v) is 22.8. The summed E-state index contributed by atoms with van der Waals surface area (Å²) in [6.45, 7) is 7.81. The zero-order valence-electron chi connectivity index (χ0n) is 22.8. The molecule has 3 aliphatic rings. The lowest BCUT2D eigenvalue weighted by Gasteiger charge is -2.50. The van der Waals surface area contributed by atoms with Crippen LogP contribution in [0.1, 0.15) is 38.5 Å². The van der Waals surface area contributed by atoms with Crippen LogP contribution in [0.2, 0.25) is 0 Å². The fourth-order valence-electron chi connectivity index (χ4n) is 6.55. The normalized spacial score (nSPS) is 20.9. The second-order valence-electron chi connectivity index (χ2n) is 11.1. The molecule has 6 rings (SSSR count). The van der Waals surface area contributed by atoms with Crippen LogP contribution in [0.3, 0.4) is 0 Å². The van der Waals surface area contributed by atoms with Crippen molar-refractivity contribution in [1.82, 2.24) is 25.2 Å². The largest absolute Gasteiger partial charge is 0.378 e. The quantitative estimate of drug-likeness (QED) is 0.413. The highest BCUT2D eigenvalue weighted by atomic mass is 16.5. The molecule has 1 aliphatic carbocycles. The van der Waals surface area contributed by atoms with Crippen LogP contribution in [0.5, 0.6) is 0 Å². The predicted molar refractivity (Wildman–Crippen MR) is 155 cm³/mol. The van der Waals surface area contributed by atoms with Crippen LogP contribution in [-0.2, 0) is 9.53 Å². The number of anilines is 2. The van der Waals surface area contributed by atoms with E-state index in [4.69, 9.17) is 4.74 Å². The van der Waals surface area contributed by atoms with Gasteiger partial charge in [-0.1, -0.05) is 38.0 Å². The van der Waals surface area contributed by atoms with Crippen molar-refractivity contribution < 1.29 is 14.3 Å². The highest BCUT2D eigenvalue weighted by Crippen LogP contribution is 2.45. The maximum absolute atomic E-state index is 13.2. The number of H-pyrrole nitrogens is 1. The lowest BCUT2D eigenvalue weighted by Crippen LogP contribution is -2.60. The van der Waals surface area contributed by atoms with Gasteiger partial charge in [-0.3, -0.25) is 4.79 Å². The maximum atomic E-state index is 13.2. The summed E-state index contributed by atoms with van der Waals surface area (Å²) in [6.07, 6.45) is 9.60. The molecule has 1 atom stereocenters. The standard InChI is InChI=1S/C30H37N7O3/c1-2-26(38)35-25-19-37(13-12-30(25)10-4-3-5-11-30)29(39)33-22-8-6-21(7-9-22)24-18-23-27(34-24)31-20-32-28(23)36-14-16-40-17-15-36/h2,6-9,18,20,25H,1,3-5,10-17,19H2,(H,33,39)(H,35,38)(H,31,32,34). The molecule has 210 valence electrons. The zero-order chi connectivity index (χ0) is 27.5. The summed E-state index contributed by atoms with van der Waals surface area (Å²) in [7, 11) is 0. The monoisotopic (exact) mass is 543 g/mol. The lowest BCUT2D eigenvalue weighted by molar-refractivity contribution is -0.119. The van der Waals surface area contributed by atoms with E-state index in [0.29, 0.717) is 26.3 Å². The minimum atomic E-state index is -0.173. The number of nitrogens with one attached hydrogen (secondary N) is 3. The van der Waals surface area contributed by atoms with Crippen LogP contribution in [0.15, 0.2) is 49.3 Å². The van der Waals surface area contributed by atoms with Crippen molar-refractivity contribution in [2.24, 2.45) is 5.41 Å². The van der Waals surface area contributed by atoms with E-state index in [0.717, 1.165) is 66.1 Å². The van der Waals surface area contributed by atoms with E-state index in [1.54, 1.807) is 6.33 Å². The second kappa shape index (κ2) is 11.3. The summed E-state index contributed by atoms with van der Waals surface area (Å²) in [6, 6.07) is 9.68. The van der Waals surface area contributed by atoms with Gasteiger partial charge in [-0.25, -0.2) is 14.8 Å². The Bertz CT molecular complexity index is 1370. The van der Waals surface area contributed by atoms with Gasteiger partial charge in [-0.15, -0.1) is 0 Å². The number of aromatic amines is 1. The third-order valence-corrected chi connectivity index (χ3v) is 8.82. The van der Waals surface area contributed by atoms with Crippen molar-refractivity contribution in [2.75, 3.05) is 49.6 Å². The van der Waals surface area contributed by atoms with E-state index in [-0.39, 0.29) is 23.4 Å². The molecule has 1 saturated carbocycles. The highest BCUT2D eigenvalue weighted by Gasteiger charge is 2.45. The topological polar surface area (TPSA) is 115 Å². The first kappa shape index (κ1) is 26.3. The molecular formula is C30H37N7O3. The second-order valence-corrected chi connectivity index (χ2v) is 11.1. The molecular weight excluding hydrogens is 506 g/mol. The molecule has 3 N–H and O–H groups in total. The fourth-order valence-corrected chi connectivity index (χ4v) is 6.55. The Morgan fingerprint density at radius 2 is 1.82 bits per heavy atom. The van der Waals surface area contributed by atoms with Gasteiger partial charge in [-0.2, -0.15) is 0 Å². The van der Waals surface area contributed by atoms with Crippen LogP contribution in [0.4, 0.5) is 16.3 Å². The number of carbonyl (C=O) groups excluding carboxylic acids is 2. The highest BCUT2D eigenvalue weighted by molar-refractivity contribution is 5.93. The molecule has 2 saturated heterocycles. The number of morpholine rings is 1. The molecule has 10 heteroatoms. The number of benzene rings is 1. The minimum absolute atomic E-state index is 0.0624. The van der Waals surface area contributed by atoms with E-state index >= 15 is 0 Å². The average Bonchev–Trinajstić information content (AvgIpc) is 3.44. The van der Waals surface area contributed by atoms with E-state index in [9.17, 15) is 9.59 Å². The van der Waals surface area contributed by atoms with Crippen LogP contribution < -0.4 is 15.5 Å². The number of hydrogen-bond donors (Lipinski definition) is 3. The number of aromatic nitrogens is 3. The first-order valence-electron chi connectivity index (χ1n) is 14.3. The molecule has 4 heterocycles. The number of urea groups is 1. The van der Waals surface area contributed by atoms with Gasteiger partial charge in [-0.05, 0) is 54.5 Å². The number of ether oxygens (including phenoxy) is 1. The van der Waals surface area contributed by atoms with E-state index < -0.39 is 0 Å². The van der Waals surface area contributed by atoms with Gasteiger partial charge >= 0.3 is 6.03 Å². The smallest absolute Gasteiger partial charge is 0.321 e. The predicted octanol–water partition coefficient (Wildman–Crippen LogP) is 4.32. The number of hydrogen-bond acceptors (Lipinski definition) is 6. The van der Waals surface area contributed by atoms with Crippen LogP contribution in [0.25, 0.3) is 22.3 Å². The number of carbonyl (C=O) groups is 2. The average molecular weight is 544 g/mol. The number of nitrogens with zero attached hydrogens (tertiary/aromatic N) is 4. The number of likely N-dealkylation sites (tertiary alicyclic amines) is 1. The van der Waals surface area contributed by atoms with Crippen molar-refractivity contribution >= 4 is 34.5 Å². The first-order valence-corrected chi connectivity index (χ1v) is 14.3. The number of rotatable bonds is 5. The summed E-state index contributed by atoms with van der Waals surface area (Å²) in [5.41, 5.74) is 3.53. The van der Waals surface area contributed by atoms with E-state index in [1.165, 1.54) is 25.3 Å². The van der Waals surface area contributed by atoms with Gasteiger partial charge in [0.05, 0.1) is 24.6 Å². The van der Waals surface area contributed by atoms with Crippen LogP contribution in [-0.4, -0.2) is 77.2 Å². The summed E-state index contributed by atoms with van der Waals surface area (Å²) in [4.78, 5) is 41.9. The minimum Gasteiger partial charge on any atom is -0.378 e. The third-order valence-electron chi connectivity index (χ3n) is 8.82. The van der Waals surface area contributed by atoms with Gasteiger partial charge < -0.3 is 30.2 Å². The van der Waals surface area contributed by atoms with Crippen molar-refractivity contribution in [3.05, 3.63) is 49.3 Å². The molecule has 1 spiro atoms. The molecule has 2 aliphatic heterocycles. The fraction of sp³-hybridized carbons (Fsp3) is 0.467. The van der Waals surface area contributed by atoms with E-state index in [2.05, 4.69) is 43.1 Å². The lowest BCUT2D eigenvalue weighted by atomic mass is 9.65. The van der Waals surface area contributed by atoms with Gasteiger partial charge in [0.25, 0.3) is 0 Å². The van der Waals surface area contributed by atoms with Crippen LogP contribution in [0, 0.1) is 5.41 Å². The molecule has 1 unspecified atom stereocenters. The Morgan fingerprint density at radius 3 is 2.58 bits per heavy atom. The summed E-state index contributed by atoms with van der Waals surface area (Å²) >= 11 is 0. The molecule has 2 aromatic heterocycles. The Kier molecular flexibility index (Phi) is 7.42. The third kappa shape index (κ3) is 5.28. The molecule has 0 radical (unpaired) electrons. The summed E-state index contributed by atoms with van der Waals surface area (Å²) < 4.78 is 5.49. The van der Waals surface area contributed by atoms with Gasteiger partial charge in [0, 0.05) is 37.6 Å². The Morgan fingerprint density at radius 1 is 1.05 bits per heavy atom. The van der Waals surface area contributed by atoms with Gasteiger partial charge in [0.15, 0.2) is 0 Å². The van der Waals surface area contributed by atoms with Crippen LogP contribution >= 0.6 is 0 Å². The Balaban J connectivity index is 1.14. The molecule has 3 amide bonds. The molecule has 0 bridgehead atoms. The van der Waals surface area contributed by atoms with Crippen molar-refractivity contribution in [2.45, 2.75) is 44.6 Å². The number of amides is 3. The van der Waals surface area contributed by atoms with Crippen molar-refractivity contribution in [1.29, 1.82) is 0 Å². The molecule has 40 heavy (non-hydrogen) atoms. The number of piperidine rings is 1. The molecule has 3 aromatic rings. The maximum Gasteiger partial charge on any atom is 0.321 e. The molecule has 1 aromatic carbocycles. The summed E-state index contributed by atoms with van der Waals surface area (Å²) in [5, 5.41) is 7.17. The Labute approximate surface area is 234 Å². The van der Waals surface area contributed by atoms with E-state index in [1.807, 2.05) is 29.2 Å². The molecule has 3 fully saturated rings. The van der Waals surface area contributed by atoms with Gasteiger partial charge in [0.1, 0.15) is 17.8 Å². The number of fused-ring (bicyclic) bond motifs is 1.